The van der Waals surface area contributed by atoms with E-state index in [9.17, 15) is 19.3 Å². The average molecular weight is 496 g/mol. The summed E-state index contributed by atoms with van der Waals surface area (Å²) in [4.78, 5) is 26.4. The average Bonchev–Trinajstić information content (AvgIpc) is 3.28. The summed E-state index contributed by atoms with van der Waals surface area (Å²) in [7, 11) is -4.06. The van der Waals surface area contributed by atoms with E-state index in [1.165, 1.54) is 4.90 Å². The number of carbonyl (C=O) groups is 2. The number of nitrogens with zero attached hydrogens (tertiary/aromatic N) is 1. The van der Waals surface area contributed by atoms with Gasteiger partial charge in [0.2, 0.25) is 6.79 Å². The van der Waals surface area contributed by atoms with Gasteiger partial charge in [-0.2, -0.15) is 0 Å². The maximum Gasteiger partial charge on any atom is 0.478 e. The Hall–Kier alpha value is -1.19. The maximum absolute atomic E-state index is 13.1. The Morgan fingerprint density at radius 1 is 0.939 bits per heavy atom. The first kappa shape index (κ1) is 29.8. The van der Waals surface area contributed by atoms with Crippen LogP contribution in [0.1, 0.15) is 81.6 Å². The molecule has 0 aromatic heterocycles. The van der Waals surface area contributed by atoms with Gasteiger partial charge >= 0.3 is 19.9 Å². The quantitative estimate of drug-likeness (QED) is 0.248. The Balaban J connectivity index is 2.85. The monoisotopic (exact) mass is 495 g/mol. The Morgan fingerprint density at radius 3 is 1.85 bits per heavy atom. The smallest absolute Gasteiger partial charge is 0.459 e. The number of phosphoric acid groups is 1. The molecule has 0 heterocycles. The number of phosphoric ester groups is 1. The molecule has 1 amide bonds. The first-order chi connectivity index (χ1) is 14.8. The second-order valence-electron chi connectivity index (χ2n) is 11.4. The Bertz CT molecular complexity index is 695. The van der Waals surface area contributed by atoms with Crippen LogP contribution in [0.25, 0.3) is 0 Å². The molecular formula is C22H42NO9P. The fraction of sp³-hybridized carbons (Fsp3) is 0.909. The zero-order chi connectivity index (χ0) is 25.7. The first-order valence-electron chi connectivity index (χ1n) is 11.2. The highest BCUT2D eigenvalue weighted by atomic mass is 31.2. The number of esters is 1. The summed E-state index contributed by atoms with van der Waals surface area (Å²) < 4.78 is 39.8. The van der Waals surface area contributed by atoms with Gasteiger partial charge < -0.3 is 14.6 Å². The molecule has 194 valence electrons. The zero-order valence-electron chi connectivity index (χ0n) is 21.6. The normalized spacial score (nSPS) is 16.3. The minimum absolute atomic E-state index is 0.0180. The SMILES string of the molecule is CC(C)(C)OC(=O)CN(CC1(CCO)CC1)C(=O)OCOP(=O)(OC(C)(C)C)OC(C)(C)C. The molecule has 1 N–H and O–H groups in total. The first-order valence-corrected chi connectivity index (χ1v) is 12.6. The van der Waals surface area contributed by atoms with Crippen LogP contribution >= 0.6 is 7.82 Å². The highest BCUT2D eigenvalue weighted by Crippen LogP contribution is 2.55. The van der Waals surface area contributed by atoms with Crippen molar-refractivity contribution in [3.63, 3.8) is 0 Å². The van der Waals surface area contributed by atoms with Gasteiger partial charge in [0.25, 0.3) is 0 Å². The Morgan fingerprint density at radius 2 is 1.45 bits per heavy atom. The summed E-state index contributed by atoms with van der Waals surface area (Å²) in [5.74, 6) is -0.585. The molecule has 1 rings (SSSR count). The largest absolute Gasteiger partial charge is 0.478 e. The second kappa shape index (κ2) is 11.0. The van der Waals surface area contributed by atoms with E-state index in [-0.39, 0.29) is 25.1 Å². The molecule has 0 aromatic rings. The maximum atomic E-state index is 13.1. The van der Waals surface area contributed by atoms with Crippen LogP contribution in [0.2, 0.25) is 0 Å². The molecule has 10 nitrogen and oxygen atoms in total. The number of aliphatic hydroxyl groups is 1. The highest BCUT2D eigenvalue weighted by Gasteiger charge is 2.45. The third-order valence-corrected chi connectivity index (χ3v) is 6.25. The van der Waals surface area contributed by atoms with E-state index in [2.05, 4.69) is 0 Å². The van der Waals surface area contributed by atoms with Crippen LogP contribution in [-0.2, 0) is 32.4 Å². The lowest BCUT2D eigenvalue weighted by Crippen LogP contribution is -2.42. The second-order valence-corrected chi connectivity index (χ2v) is 12.9. The number of amides is 1. The van der Waals surface area contributed by atoms with Crippen molar-refractivity contribution in [2.75, 3.05) is 26.5 Å². The lowest BCUT2D eigenvalue weighted by molar-refractivity contribution is -0.156. The topological polar surface area (TPSA) is 121 Å². The summed E-state index contributed by atoms with van der Waals surface area (Å²) >= 11 is 0. The third-order valence-electron chi connectivity index (χ3n) is 4.29. The van der Waals surface area contributed by atoms with Crippen LogP contribution in [0.4, 0.5) is 4.79 Å². The van der Waals surface area contributed by atoms with Crippen molar-refractivity contribution in [2.45, 2.75) is 98.4 Å². The predicted molar refractivity (Wildman–Crippen MR) is 123 cm³/mol. The molecule has 0 spiro atoms. The van der Waals surface area contributed by atoms with Crippen LogP contribution in [0.3, 0.4) is 0 Å². The van der Waals surface area contributed by atoms with E-state index in [0.717, 1.165) is 12.8 Å². The fourth-order valence-corrected chi connectivity index (χ4v) is 4.66. The number of ether oxygens (including phenoxy) is 2. The van der Waals surface area contributed by atoms with Crippen molar-refractivity contribution in [2.24, 2.45) is 5.41 Å². The molecule has 33 heavy (non-hydrogen) atoms. The molecule has 1 fully saturated rings. The van der Waals surface area contributed by atoms with Crippen LogP contribution in [0.5, 0.6) is 0 Å². The Labute approximate surface area is 197 Å². The van der Waals surface area contributed by atoms with Crippen molar-refractivity contribution in [1.82, 2.24) is 4.90 Å². The summed E-state index contributed by atoms with van der Waals surface area (Å²) in [6, 6.07) is 0. The number of carbonyl (C=O) groups excluding carboxylic acids is 2. The fourth-order valence-electron chi connectivity index (χ4n) is 3.00. The van der Waals surface area contributed by atoms with E-state index >= 15 is 0 Å². The molecule has 1 aliphatic rings. The van der Waals surface area contributed by atoms with Gasteiger partial charge in [0.1, 0.15) is 12.1 Å². The number of hydrogen-bond donors (Lipinski definition) is 1. The minimum Gasteiger partial charge on any atom is -0.459 e. The lowest BCUT2D eigenvalue weighted by atomic mass is 10.0. The standard InChI is InChI=1S/C22H42NO9P/c1-19(2,3)30-17(25)14-23(15-22(10-11-22)12-13-24)18(26)28-16-29-33(27,31-20(4,5)6)32-21(7,8)9/h24H,10-16H2,1-9H3. The molecule has 0 unspecified atom stereocenters. The van der Waals surface area contributed by atoms with Gasteiger partial charge in [-0.15, -0.1) is 0 Å². The number of aliphatic hydroxyl groups excluding tert-OH is 1. The molecule has 11 heteroatoms. The molecule has 1 saturated carbocycles. The third kappa shape index (κ3) is 12.7. The molecule has 0 aliphatic heterocycles. The van der Waals surface area contributed by atoms with Crippen molar-refractivity contribution < 1.29 is 42.3 Å². The highest BCUT2D eigenvalue weighted by molar-refractivity contribution is 7.48. The van der Waals surface area contributed by atoms with E-state index in [1.54, 1.807) is 62.3 Å². The molecule has 0 saturated heterocycles. The van der Waals surface area contributed by atoms with E-state index in [4.69, 9.17) is 23.0 Å². The molecular weight excluding hydrogens is 453 g/mol. The molecule has 1 aliphatic carbocycles. The summed E-state index contributed by atoms with van der Waals surface area (Å²) in [6.07, 6.45) is 1.34. The predicted octanol–water partition coefficient (Wildman–Crippen LogP) is 4.64. The van der Waals surface area contributed by atoms with Crippen molar-refractivity contribution in [3.05, 3.63) is 0 Å². The van der Waals surface area contributed by atoms with Gasteiger partial charge in [-0.05, 0) is 87.0 Å². The number of hydrogen-bond acceptors (Lipinski definition) is 9. The lowest BCUT2D eigenvalue weighted by Gasteiger charge is -2.31. The van der Waals surface area contributed by atoms with Crippen LogP contribution in [0.15, 0.2) is 0 Å². The van der Waals surface area contributed by atoms with E-state index in [0.29, 0.717) is 6.42 Å². The molecule has 0 aromatic carbocycles. The van der Waals surface area contributed by atoms with Gasteiger partial charge in [0.15, 0.2) is 0 Å². The Kier molecular flexibility index (Phi) is 9.98. The molecule has 0 atom stereocenters. The van der Waals surface area contributed by atoms with Crippen LogP contribution in [-0.4, -0.2) is 65.4 Å². The van der Waals surface area contributed by atoms with Crippen LogP contribution < -0.4 is 0 Å². The van der Waals surface area contributed by atoms with Gasteiger partial charge in [-0.3, -0.25) is 18.7 Å². The van der Waals surface area contributed by atoms with Crippen LogP contribution in [0, 0.1) is 5.41 Å². The molecule has 0 radical (unpaired) electrons. The minimum atomic E-state index is -4.06. The van der Waals surface area contributed by atoms with E-state index < -0.39 is 43.5 Å². The van der Waals surface area contributed by atoms with Gasteiger partial charge in [0, 0.05) is 13.2 Å². The van der Waals surface area contributed by atoms with E-state index in [1.807, 2.05) is 0 Å². The number of rotatable bonds is 11. The van der Waals surface area contributed by atoms with Gasteiger partial charge in [0.05, 0.1) is 11.2 Å². The molecule has 0 bridgehead atoms. The summed E-state index contributed by atoms with van der Waals surface area (Å²) in [5, 5.41) is 9.34. The summed E-state index contributed by atoms with van der Waals surface area (Å²) in [5.41, 5.74) is -2.64. The van der Waals surface area contributed by atoms with Gasteiger partial charge in [-0.1, -0.05) is 0 Å². The van der Waals surface area contributed by atoms with Crippen molar-refractivity contribution >= 4 is 19.9 Å². The van der Waals surface area contributed by atoms with Crippen molar-refractivity contribution in [1.29, 1.82) is 0 Å². The summed E-state index contributed by atoms with van der Waals surface area (Å²) in [6.45, 7) is 14.6. The zero-order valence-corrected chi connectivity index (χ0v) is 22.5. The van der Waals surface area contributed by atoms with Crippen molar-refractivity contribution in [3.8, 4) is 0 Å². The van der Waals surface area contributed by atoms with Gasteiger partial charge in [-0.25, -0.2) is 13.9 Å².